The Morgan fingerprint density at radius 1 is 0.812 bits per heavy atom. The summed E-state index contributed by atoms with van der Waals surface area (Å²) in [4.78, 5) is 0. The molecule has 0 aliphatic carbocycles. The van der Waals surface area contributed by atoms with Gasteiger partial charge in [-0.1, -0.05) is 12.1 Å². The van der Waals surface area contributed by atoms with Gasteiger partial charge in [-0.15, -0.1) is 0 Å². The fraction of sp³-hybridized carbons (Fsp3) is 0. The van der Waals surface area contributed by atoms with Gasteiger partial charge >= 0.3 is 0 Å². The number of phenolic OH excluding ortho intramolecular Hbond substituents is 2. The molecule has 2 nitrogen and oxygen atoms in total. The van der Waals surface area contributed by atoms with Crippen LogP contribution in [0.5, 0.6) is 11.5 Å². The Morgan fingerprint density at radius 3 is 2.06 bits per heavy atom. The third kappa shape index (κ3) is 1.69. The van der Waals surface area contributed by atoms with E-state index >= 15 is 0 Å². The first-order valence-electron chi connectivity index (χ1n) is 4.56. The molecule has 2 rings (SSSR count). The molecular formula is C12H8F2O2. The summed E-state index contributed by atoms with van der Waals surface area (Å²) in [6.45, 7) is 0. The molecule has 0 heterocycles. The van der Waals surface area contributed by atoms with Crippen molar-refractivity contribution in [3.63, 3.8) is 0 Å². The van der Waals surface area contributed by atoms with Crippen molar-refractivity contribution < 1.29 is 19.0 Å². The van der Waals surface area contributed by atoms with E-state index in [0.29, 0.717) is 5.56 Å². The second-order valence-electron chi connectivity index (χ2n) is 3.30. The van der Waals surface area contributed by atoms with Gasteiger partial charge in [-0.3, -0.25) is 0 Å². The summed E-state index contributed by atoms with van der Waals surface area (Å²) < 4.78 is 26.3. The highest BCUT2D eigenvalue weighted by molar-refractivity contribution is 5.66. The summed E-state index contributed by atoms with van der Waals surface area (Å²) in [5.41, 5.74) is 0.532. The number of phenols is 2. The Morgan fingerprint density at radius 2 is 1.44 bits per heavy atom. The molecule has 0 saturated carbocycles. The van der Waals surface area contributed by atoms with Crippen LogP contribution in [0.3, 0.4) is 0 Å². The standard InChI is InChI=1S/C12H8F2O2/c13-10-6-5-9(11(14)12(10)16)7-1-3-8(15)4-2-7/h1-6,15-16H. The average Bonchev–Trinajstić information content (AvgIpc) is 2.28. The Bertz CT molecular complexity index is 521. The second kappa shape index (κ2) is 3.81. The van der Waals surface area contributed by atoms with E-state index in [4.69, 9.17) is 10.2 Å². The van der Waals surface area contributed by atoms with Crippen LogP contribution in [0.4, 0.5) is 8.78 Å². The molecule has 2 aromatic carbocycles. The Labute approximate surface area is 90.4 Å². The molecule has 0 amide bonds. The molecule has 16 heavy (non-hydrogen) atoms. The van der Waals surface area contributed by atoms with Gasteiger partial charge in [0.1, 0.15) is 5.75 Å². The van der Waals surface area contributed by atoms with Crippen molar-refractivity contribution in [2.24, 2.45) is 0 Å². The first kappa shape index (κ1) is 10.4. The van der Waals surface area contributed by atoms with E-state index in [-0.39, 0.29) is 11.3 Å². The fourth-order valence-electron chi connectivity index (χ4n) is 1.40. The third-order valence-electron chi connectivity index (χ3n) is 2.25. The molecule has 4 heteroatoms. The van der Waals surface area contributed by atoms with Crippen molar-refractivity contribution in [2.75, 3.05) is 0 Å². The molecule has 0 unspecified atom stereocenters. The van der Waals surface area contributed by atoms with Crippen molar-refractivity contribution in [3.05, 3.63) is 48.0 Å². The summed E-state index contributed by atoms with van der Waals surface area (Å²) in [6.07, 6.45) is 0. The van der Waals surface area contributed by atoms with Gasteiger partial charge in [0, 0.05) is 5.56 Å². The molecule has 0 atom stereocenters. The van der Waals surface area contributed by atoms with Crippen molar-refractivity contribution >= 4 is 0 Å². The van der Waals surface area contributed by atoms with Gasteiger partial charge in [-0.05, 0) is 29.8 Å². The van der Waals surface area contributed by atoms with Gasteiger partial charge in [-0.25, -0.2) is 8.78 Å². The van der Waals surface area contributed by atoms with Crippen LogP contribution in [-0.2, 0) is 0 Å². The SMILES string of the molecule is Oc1ccc(-c2ccc(F)c(O)c2F)cc1. The summed E-state index contributed by atoms with van der Waals surface area (Å²) in [6, 6.07) is 7.94. The van der Waals surface area contributed by atoms with Crippen LogP contribution < -0.4 is 0 Å². The number of rotatable bonds is 1. The summed E-state index contributed by atoms with van der Waals surface area (Å²) in [5, 5.41) is 18.2. The molecule has 0 saturated heterocycles. The van der Waals surface area contributed by atoms with E-state index in [1.807, 2.05) is 0 Å². The lowest BCUT2D eigenvalue weighted by Gasteiger charge is -2.05. The van der Waals surface area contributed by atoms with Crippen molar-refractivity contribution in [2.45, 2.75) is 0 Å². The maximum absolute atomic E-state index is 13.5. The molecule has 0 spiro atoms. The minimum Gasteiger partial charge on any atom is -0.508 e. The van der Waals surface area contributed by atoms with Gasteiger partial charge in [0.2, 0.25) is 0 Å². The molecule has 0 fully saturated rings. The van der Waals surface area contributed by atoms with E-state index in [0.717, 1.165) is 6.07 Å². The molecule has 2 aromatic rings. The normalized spacial score (nSPS) is 10.4. The van der Waals surface area contributed by atoms with Crippen LogP contribution in [0.2, 0.25) is 0 Å². The molecular weight excluding hydrogens is 214 g/mol. The maximum atomic E-state index is 13.5. The third-order valence-corrected chi connectivity index (χ3v) is 2.25. The van der Waals surface area contributed by atoms with Gasteiger partial charge in [-0.2, -0.15) is 0 Å². The van der Waals surface area contributed by atoms with Crippen molar-refractivity contribution in [1.29, 1.82) is 0 Å². The maximum Gasteiger partial charge on any atom is 0.188 e. The smallest absolute Gasteiger partial charge is 0.188 e. The lowest BCUT2D eigenvalue weighted by molar-refractivity contribution is 0.397. The Hall–Kier alpha value is -2.10. The predicted octanol–water partition coefficient (Wildman–Crippen LogP) is 3.04. The zero-order chi connectivity index (χ0) is 11.7. The Kier molecular flexibility index (Phi) is 2.48. The van der Waals surface area contributed by atoms with Gasteiger partial charge in [0.15, 0.2) is 17.4 Å². The quantitative estimate of drug-likeness (QED) is 0.778. The van der Waals surface area contributed by atoms with Crippen LogP contribution >= 0.6 is 0 Å². The van der Waals surface area contributed by atoms with E-state index in [9.17, 15) is 8.78 Å². The number of hydrogen-bond acceptors (Lipinski definition) is 2. The average molecular weight is 222 g/mol. The van der Waals surface area contributed by atoms with E-state index in [2.05, 4.69) is 0 Å². The molecule has 82 valence electrons. The number of aromatic hydroxyl groups is 2. The van der Waals surface area contributed by atoms with Gasteiger partial charge in [0.25, 0.3) is 0 Å². The fourth-order valence-corrected chi connectivity index (χ4v) is 1.40. The van der Waals surface area contributed by atoms with E-state index < -0.39 is 17.4 Å². The number of halogens is 2. The topological polar surface area (TPSA) is 40.5 Å². The minimum absolute atomic E-state index is 0.0514. The van der Waals surface area contributed by atoms with Crippen molar-refractivity contribution in [1.82, 2.24) is 0 Å². The summed E-state index contributed by atoms with van der Waals surface area (Å²) in [7, 11) is 0. The summed E-state index contributed by atoms with van der Waals surface area (Å²) in [5.74, 6) is -2.95. The van der Waals surface area contributed by atoms with E-state index in [1.165, 1.54) is 30.3 Å². The molecule has 0 aliphatic heterocycles. The molecule has 0 aliphatic rings. The van der Waals surface area contributed by atoms with E-state index in [1.54, 1.807) is 0 Å². The lowest BCUT2D eigenvalue weighted by atomic mass is 10.0. The van der Waals surface area contributed by atoms with Crippen LogP contribution in [0.25, 0.3) is 11.1 Å². The largest absolute Gasteiger partial charge is 0.508 e. The number of hydrogen-bond donors (Lipinski definition) is 2. The molecule has 0 bridgehead atoms. The van der Waals surface area contributed by atoms with Gasteiger partial charge < -0.3 is 10.2 Å². The highest BCUT2D eigenvalue weighted by atomic mass is 19.1. The minimum atomic E-state index is -1.01. The monoisotopic (exact) mass is 222 g/mol. The first-order valence-corrected chi connectivity index (χ1v) is 4.56. The zero-order valence-corrected chi connectivity index (χ0v) is 8.11. The highest BCUT2D eigenvalue weighted by Crippen LogP contribution is 2.31. The van der Waals surface area contributed by atoms with Crippen LogP contribution in [0.15, 0.2) is 36.4 Å². The number of benzene rings is 2. The van der Waals surface area contributed by atoms with Crippen LogP contribution in [0, 0.1) is 11.6 Å². The first-order chi connectivity index (χ1) is 7.59. The predicted molar refractivity (Wildman–Crippen MR) is 55.1 cm³/mol. The summed E-state index contributed by atoms with van der Waals surface area (Å²) >= 11 is 0. The molecule has 0 radical (unpaired) electrons. The van der Waals surface area contributed by atoms with Gasteiger partial charge in [0.05, 0.1) is 0 Å². The molecule has 2 N–H and O–H groups in total. The zero-order valence-electron chi connectivity index (χ0n) is 8.11. The van der Waals surface area contributed by atoms with Crippen molar-refractivity contribution in [3.8, 4) is 22.6 Å². The second-order valence-corrected chi connectivity index (χ2v) is 3.30. The highest BCUT2D eigenvalue weighted by Gasteiger charge is 2.13. The Balaban J connectivity index is 2.57. The lowest BCUT2D eigenvalue weighted by Crippen LogP contribution is -1.88. The van der Waals surface area contributed by atoms with Crippen LogP contribution in [0.1, 0.15) is 0 Å². The van der Waals surface area contributed by atoms with Crippen LogP contribution in [-0.4, -0.2) is 10.2 Å². The molecule has 0 aromatic heterocycles.